The van der Waals surface area contributed by atoms with E-state index in [9.17, 15) is 4.79 Å². The largest absolute Gasteiger partial charge is 0.373 e. The van der Waals surface area contributed by atoms with Crippen molar-refractivity contribution in [3.8, 4) is 0 Å². The second-order valence-electron chi connectivity index (χ2n) is 2.98. The van der Waals surface area contributed by atoms with Crippen molar-refractivity contribution < 1.29 is 4.79 Å². The smallest absolute Gasteiger partial charge is 0.224 e. The van der Waals surface area contributed by atoms with E-state index in [-0.39, 0.29) is 5.91 Å². The van der Waals surface area contributed by atoms with Gasteiger partial charge in [-0.2, -0.15) is 0 Å². The second-order valence-corrected chi connectivity index (χ2v) is 2.98. The number of pyridine rings is 1. The molecule has 0 spiro atoms. The van der Waals surface area contributed by atoms with Crippen LogP contribution in [0.25, 0.3) is 0 Å². The minimum atomic E-state index is 0.0338. The molecule has 0 bridgehead atoms. The molecule has 1 aromatic heterocycles. The lowest BCUT2D eigenvalue weighted by Crippen LogP contribution is -2.10. The Morgan fingerprint density at radius 3 is 2.79 bits per heavy atom. The summed E-state index contributed by atoms with van der Waals surface area (Å²) in [5, 5.41) is 5.67. The minimum absolute atomic E-state index is 0.0338. The Kier molecular flexibility index (Phi) is 3.91. The van der Waals surface area contributed by atoms with Crippen LogP contribution < -0.4 is 10.6 Å². The maximum atomic E-state index is 11.2. The van der Waals surface area contributed by atoms with Crippen molar-refractivity contribution in [2.24, 2.45) is 0 Å². The van der Waals surface area contributed by atoms with Crippen LogP contribution in [0.4, 0.5) is 11.5 Å². The van der Waals surface area contributed by atoms with Crippen LogP contribution in [0.3, 0.4) is 0 Å². The number of rotatable bonds is 4. The standard InChI is InChI=1S/C10H15N3O/c1-3-4-10(14)13-8-5-6-9(11-2)12-7-8/h5-7H,3-4H2,1-2H3,(H,11,12)(H,13,14). The lowest BCUT2D eigenvalue weighted by Gasteiger charge is -2.04. The van der Waals surface area contributed by atoms with Crippen molar-refractivity contribution in [2.45, 2.75) is 19.8 Å². The summed E-state index contributed by atoms with van der Waals surface area (Å²) in [5.41, 5.74) is 0.738. The predicted molar refractivity (Wildman–Crippen MR) is 57.3 cm³/mol. The lowest BCUT2D eigenvalue weighted by molar-refractivity contribution is -0.116. The molecular weight excluding hydrogens is 178 g/mol. The summed E-state index contributed by atoms with van der Waals surface area (Å²) in [6.45, 7) is 1.97. The highest BCUT2D eigenvalue weighted by atomic mass is 16.1. The number of aromatic nitrogens is 1. The molecule has 0 unspecified atom stereocenters. The molecule has 76 valence electrons. The second kappa shape index (κ2) is 5.21. The first-order valence-electron chi connectivity index (χ1n) is 4.70. The van der Waals surface area contributed by atoms with Gasteiger partial charge in [-0.05, 0) is 18.6 Å². The third kappa shape index (κ3) is 3.05. The van der Waals surface area contributed by atoms with E-state index >= 15 is 0 Å². The zero-order chi connectivity index (χ0) is 10.4. The molecule has 0 aliphatic rings. The Labute approximate surface area is 83.7 Å². The Morgan fingerprint density at radius 1 is 1.50 bits per heavy atom. The molecular formula is C10H15N3O. The number of hydrogen-bond donors (Lipinski definition) is 2. The number of hydrogen-bond acceptors (Lipinski definition) is 3. The number of anilines is 2. The normalized spacial score (nSPS) is 9.57. The van der Waals surface area contributed by atoms with E-state index in [0.717, 1.165) is 17.9 Å². The van der Waals surface area contributed by atoms with Gasteiger partial charge >= 0.3 is 0 Å². The maximum Gasteiger partial charge on any atom is 0.224 e. The summed E-state index contributed by atoms with van der Waals surface area (Å²) < 4.78 is 0. The van der Waals surface area contributed by atoms with Crippen LogP contribution in [0, 0.1) is 0 Å². The minimum Gasteiger partial charge on any atom is -0.373 e. The first-order valence-corrected chi connectivity index (χ1v) is 4.70. The molecule has 0 atom stereocenters. The quantitative estimate of drug-likeness (QED) is 0.767. The van der Waals surface area contributed by atoms with Crippen molar-refractivity contribution >= 4 is 17.4 Å². The average Bonchev–Trinajstić information content (AvgIpc) is 2.19. The maximum absolute atomic E-state index is 11.2. The summed E-state index contributed by atoms with van der Waals surface area (Å²) in [5.74, 6) is 0.824. The third-order valence-electron chi connectivity index (χ3n) is 1.78. The topological polar surface area (TPSA) is 54.0 Å². The van der Waals surface area contributed by atoms with Gasteiger partial charge in [0, 0.05) is 13.5 Å². The SMILES string of the molecule is CCCC(=O)Nc1ccc(NC)nc1. The fourth-order valence-corrected chi connectivity index (χ4v) is 1.07. The van der Waals surface area contributed by atoms with Crippen molar-refractivity contribution in [2.75, 3.05) is 17.7 Å². The Balaban J connectivity index is 2.55. The van der Waals surface area contributed by atoms with Crippen molar-refractivity contribution in [1.29, 1.82) is 0 Å². The van der Waals surface area contributed by atoms with E-state index in [0.29, 0.717) is 6.42 Å². The number of carbonyl (C=O) groups is 1. The van der Waals surface area contributed by atoms with Gasteiger partial charge in [0.15, 0.2) is 0 Å². The highest BCUT2D eigenvalue weighted by Gasteiger charge is 2.00. The van der Waals surface area contributed by atoms with E-state index in [1.807, 2.05) is 19.1 Å². The van der Waals surface area contributed by atoms with E-state index in [2.05, 4.69) is 15.6 Å². The molecule has 0 aliphatic heterocycles. The molecule has 0 radical (unpaired) electrons. The van der Waals surface area contributed by atoms with Crippen molar-refractivity contribution in [3.63, 3.8) is 0 Å². The molecule has 4 nitrogen and oxygen atoms in total. The fraction of sp³-hybridized carbons (Fsp3) is 0.400. The molecule has 0 fully saturated rings. The summed E-state index contributed by atoms with van der Waals surface area (Å²) >= 11 is 0. The highest BCUT2D eigenvalue weighted by molar-refractivity contribution is 5.90. The van der Waals surface area contributed by atoms with Crippen LogP contribution >= 0.6 is 0 Å². The molecule has 4 heteroatoms. The molecule has 0 aliphatic carbocycles. The van der Waals surface area contributed by atoms with Gasteiger partial charge in [0.1, 0.15) is 5.82 Å². The summed E-state index contributed by atoms with van der Waals surface area (Å²) in [7, 11) is 1.80. The molecule has 2 N–H and O–H groups in total. The van der Waals surface area contributed by atoms with Crippen molar-refractivity contribution in [3.05, 3.63) is 18.3 Å². The number of nitrogens with zero attached hydrogens (tertiary/aromatic N) is 1. The van der Waals surface area contributed by atoms with Gasteiger partial charge in [-0.25, -0.2) is 4.98 Å². The molecule has 0 aromatic carbocycles. The number of amides is 1. The Morgan fingerprint density at radius 2 is 2.29 bits per heavy atom. The zero-order valence-corrected chi connectivity index (χ0v) is 8.50. The van der Waals surface area contributed by atoms with Crippen molar-refractivity contribution in [1.82, 2.24) is 4.98 Å². The fourth-order valence-electron chi connectivity index (χ4n) is 1.07. The molecule has 1 heterocycles. The summed E-state index contributed by atoms with van der Waals surface area (Å²) in [6, 6.07) is 3.65. The van der Waals surface area contributed by atoms with Crippen LogP contribution in [0.15, 0.2) is 18.3 Å². The predicted octanol–water partition coefficient (Wildman–Crippen LogP) is 1.86. The van der Waals surface area contributed by atoms with Gasteiger partial charge in [0.25, 0.3) is 0 Å². The first kappa shape index (κ1) is 10.5. The average molecular weight is 193 g/mol. The molecule has 1 amide bonds. The van der Waals surface area contributed by atoms with Gasteiger partial charge in [-0.3, -0.25) is 4.79 Å². The lowest BCUT2D eigenvalue weighted by atomic mass is 10.3. The highest BCUT2D eigenvalue weighted by Crippen LogP contribution is 2.09. The van der Waals surface area contributed by atoms with Gasteiger partial charge in [-0.1, -0.05) is 6.92 Å². The van der Waals surface area contributed by atoms with E-state index < -0.39 is 0 Å². The monoisotopic (exact) mass is 193 g/mol. The Bertz CT molecular complexity index is 295. The molecule has 1 aromatic rings. The molecule has 14 heavy (non-hydrogen) atoms. The zero-order valence-electron chi connectivity index (χ0n) is 8.50. The van der Waals surface area contributed by atoms with Crippen LogP contribution in [0.1, 0.15) is 19.8 Å². The van der Waals surface area contributed by atoms with Gasteiger partial charge in [0.05, 0.1) is 11.9 Å². The number of nitrogens with one attached hydrogen (secondary N) is 2. The summed E-state index contributed by atoms with van der Waals surface area (Å²) in [6.07, 6.45) is 3.04. The van der Waals surface area contributed by atoms with E-state index in [1.54, 1.807) is 13.2 Å². The third-order valence-corrected chi connectivity index (χ3v) is 1.78. The number of carbonyl (C=O) groups excluding carboxylic acids is 1. The Hall–Kier alpha value is -1.58. The molecule has 1 rings (SSSR count). The molecule has 0 saturated heterocycles. The van der Waals surface area contributed by atoms with E-state index in [1.165, 1.54) is 0 Å². The summed E-state index contributed by atoms with van der Waals surface area (Å²) in [4.78, 5) is 15.3. The van der Waals surface area contributed by atoms with Gasteiger partial charge in [0.2, 0.25) is 5.91 Å². The van der Waals surface area contributed by atoms with Crippen LogP contribution in [0.2, 0.25) is 0 Å². The van der Waals surface area contributed by atoms with Crippen LogP contribution in [0.5, 0.6) is 0 Å². The van der Waals surface area contributed by atoms with E-state index in [4.69, 9.17) is 0 Å². The van der Waals surface area contributed by atoms with Crippen LogP contribution in [-0.4, -0.2) is 17.9 Å². The van der Waals surface area contributed by atoms with Gasteiger partial charge in [-0.15, -0.1) is 0 Å². The van der Waals surface area contributed by atoms with Crippen LogP contribution in [-0.2, 0) is 4.79 Å². The first-order chi connectivity index (χ1) is 6.76. The van der Waals surface area contributed by atoms with Gasteiger partial charge < -0.3 is 10.6 Å². The molecule has 0 saturated carbocycles.